The van der Waals surface area contributed by atoms with Gasteiger partial charge in [-0.2, -0.15) is 0 Å². The van der Waals surface area contributed by atoms with Gasteiger partial charge < -0.3 is 9.64 Å². The SMILES string of the molecule is Cc1nc(S[C@H](C(=O)N2CCOCC2)c2ccccc2)c2c(C)c(C)sc2n1. The molecule has 1 saturated heterocycles. The van der Waals surface area contributed by atoms with Crippen LogP contribution in [0.2, 0.25) is 0 Å². The lowest BCUT2D eigenvalue weighted by atomic mass is 10.1. The number of rotatable bonds is 4. The molecule has 4 rings (SSSR count). The van der Waals surface area contributed by atoms with E-state index in [9.17, 15) is 4.79 Å². The van der Waals surface area contributed by atoms with E-state index in [-0.39, 0.29) is 11.2 Å². The molecule has 1 aliphatic rings. The fraction of sp³-hybridized carbons (Fsp3) is 0.381. The maximum Gasteiger partial charge on any atom is 0.240 e. The van der Waals surface area contributed by atoms with E-state index in [4.69, 9.17) is 9.72 Å². The molecule has 1 atom stereocenters. The lowest BCUT2D eigenvalue weighted by Gasteiger charge is -2.30. The molecule has 2 aromatic heterocycles. The lowest BCUT2D eigenvalue weighted by molar-refractivity contribution is -0.134. The van der Waals surface area contributed by atoms with Crippen LogP contribution in [0.1, 0.15) is 27.1 Å². The highest BCUT2D eigenvalue weighted by Crippen LogP contribution is 2.42. The number of benzene rings is 1. The number of aromatic nitrogens is 2. The van der Waals surface area contributed by atoms with Gasteiger partial charge in [-0.3, -0.25) is 4.79 Å². The van der Waals surface area contributed by atoms with Crippen molar-refractivity contribution in [1.82, 2.24) is 14.9 Å². The van der Waals surface area contributed by atoms with Gasteiger partial charge in [0.1, 0.15) is 20.9 Å². The summed E-state index contributed by atoms with van der Waals surface area (Å²) in [4.78, 5) is 26.9. The smallest absolute Gasteiger partial charge is 0.240 e. The van der Waals surface area contributed by atoms with Crippen LogP contribution in [-0.4, -0.2) is 47.1 Å². The van der Waals surface area contributed by atoms with Gasteiger partial charge in [-0.15, -0.1) is 11.3 Å². The predicted molar refractivity (Wildman–Crippen MR) is 114 cm³/mol. The fourth-order valence-electron chi connectivity index (χ4n) is 3.35. The van der Waals surface area contributed by atoms with Crippen molar-refractivity contribution in [3.63, 3.8) is 0 Å². The number of nitrogens with zero attached hydrogens (tertiary/aromatic N) is 3. The van der Waals surface area contributed by atoms with E-state index in [1.807, 2.05) is 42.2 Å². The van der Waals surface area contributed by atoms with Crippen molar-refractivity contribution in [1.29, 1.82) is 0 Å². The third-order valence-electron chi connectivity index (χ3n) is 4.99. The van der Waals surface area contributed by atoms with E-state index in [1.165, 1.54) is 22.2 Å². The zero-order valence-corrected chi connectivity index (χ0v) is 17.9. The van der Waals surface area contributed by atoms with Crippen LogP contribution in [0.15, 0.2) is 35.4 Å². The molecule has 0 aliphatic carbocycles. The molecule has 1 aromatic carbocycles. The van der Waals surface area contributed by atoms with Gasteiger partial charge in [0.2, 0.25) is 5.91 Å². The Bertz CT molecular complexity index is 998. The summed E-state index contributed by atoms with van der Waals surface area (Å²) in [5.74, 6) is 0.857. The van der Waals surface area contributed by atoms with Gasteiger partial charge in [0, 0.05) is 23.4 Å². The summed E-state index contributed by atoms with van der Waals surface area (Å²) in [6.45, 7) is 8.59. The van der Waals surface area contributed by atoms with Gasteiger partial charge in [-0.25, -0.2) is 9.97 Å². The Morgan fingerprint density at radius 2 is 1.86 bits per heavy atom. The standard InChI is InChI=1S/C21H23N3O2S2/c1-13-14(2)27-19-17(13)20(23-15(3)22-19)28-18(16-7-5-4-6-8-16)21(25)24-9-11-26-12-10-24/h4-8,18H,9-12H2,1-3H3/t18-/m0/s1. The number of carbonyl (C=O) groups is 1. The summed E-state index contributed by atoms with van der Waals surface area (Å²) in [6.07, 6.45) is 0. The van der Waals surface area contributed by atoms with Crippen molar-refractivity contribution in [2.75, 3.05) is 26.3 Å². The van der Waals surface area contributed by atoms with Crippen LogP contribution in [0.25, 0.3) is 10.2 Å². The number of ether oxygens (including phenoxy) is 1. The Kier molecular flexibility index (Phi) is 5.66. The predicted octanol–water partition coefficient (Wildman–Crippen LogP) is 4.31. The first-order chi connectivity index (χ1) is 13.5. The van der Waals surface area contributed by atoms with E-state index in [1.54, 1.807) is 11.3 Å². The minimum atomic E-state index is -0.337. The number of aryl methyl sites for hydroxylation is 3. The van der Waals surface area contributed by atoms with Gasteiger partial charge in [0.25, 0.3) is 0 Å². The fourth-order valence-corrected chi connectivity index (χ4v) is 5.81. The number of thioether (sulfide) groups is 1. The molecule has 146 valence electrons. The molecule has 0 unspecified atom stereocenters. The highest BCUT2D eigenvalue weighted by Gasteiger charge is 2.30. The number of amides is 1. The maximum atomic E-state index is 13.4. The van der Waals surface area contributed by atoms with Crippen molar-refractivity contribution in [2.45, 2.75) is 31.0 Å². The highest BCUT2D eigenvalue weighted by atomic mass is 32.2. The molecule has 28 heavy (non-hydrogen) atoms. The quantitative estimate of drug-likeness (QED) is 0.471. The average molecular weight is 414 g/mol. The van der Waals surface area contributed by atoms with Crippen molar-refractivity contribution in [3.05, 3.63) is 52.2 Å². The Hall–Kier alpha value is -1.96. The monoisotopic (exact) mass is 413 g/mol. The van der Waals surface area contributed by atoms with Crippen LogP contribution < -0.4 is 0 Å². The molecule has 1 aliphatic heterocycles. The maximum absolute atomic E-state index is 13.4. The molecule has 3 heterocycles. The number of hydrogen-bond acceptors (Lipinski definition) is 6. The minimum Gasteiger partial charge on any atom is -0.378 e. The van der Waals surface area contributed by atoms with Crippen LogP contribution >= 0.6 is 23.1 Å². The summed E-state index contributed by atoms with van der Waals surface area (Å²) in [6, 6.07) is 9.98. The topological polar surface area (TPSA) is 55.3 Å². The molecule has 0 bridgehead atoms. The Morgan fingerprint density at radius 1 is 1.14 bits per heavy atom. The van der Waals surface area contributed by atoms with Crippen LogP contribution in [0.4, 0.5) is 0 Å². The molecule has 0 spiro atoms. The summed E-state index contributed by atoms with van der Waals surface area (Å²) >= 11 is 3.23. The van der Waals surface area contributed by atoms with E-state index in [0.717, 1.165) is 26.6 Å². The summed E-state index contributed by atoms with van der Waals surface area (Å²) in [5.41, 5.74) is 2.20. The first-order valence-electron chi connectivity index (χ1n) is 9.37. The van der Waals surface area contributed by atoms with Crippen LogP contribution in [-0.2, 0) is 9.53 Å². The summed E-state index contributed by atoms with van der Waals surface area (Å²) in [7, 11) is 0. The molecule has 7 heteroatoms. The number of carbonyl (C=O) groups excluding carboxylic acids is 1. The van der Waals surface area contributed by atoms with Crippen molar-refractivity contribution in [3.8, 4) is 0 Å². The second-order valence-electron chi connectivity index (χ2n) is 6.89. The highest BCUT2D eigenvalue weighted by molar-refractivity contribution is 8.00. The van der Waals surface area contributed by atoms with Gasteiger partial charge >= 0.3 is 0 Å². The van der Waals surface area contributed by atoms with Crippen LogP contribution in [0.3, 0.4) is 0 Å². The van der Waals surface area contributed by atoms with Crippen LogP contribution in [0.5, 0.6) is 0 Å². The third-order valence-corrected chi connectivity index (χ3v) is 7.32. The second-order valence-corrected chi connectivity index (χ2v) is 9.18. The van der Waals surface area contributed by atoms with Crippen LogP contribution in [0, 0.1) is 20.8 Å². The average Bonchev–Trinajstić information content (AvgIpc) is 3.00. The first kappa shape index (κ1) is 19.4. The molecule has 3 aromatic rings. The van der Waals surface area contributed by atoms with E-state index in [2.05, 4.69) is 18.8 Å². The molecule has 0 saturated carbocycles. The van der Waals surface area contributed by atoms with E-state index < -0.39 is 0 Å². The van der Waals surface area contributed by atoms with E-state index >= 15 is 0 Å². The molecule has 0 N–H and O–H groups in total. The first-order valence-corrected chi connectivity index (χ1v) is 11.1. The zero-order valence-electron chi connectivity index (χ0n) is 16.3. The molecular formula is C21H23N3O2S2. The van der Waals surface area contributed by atoms with Gasteiger partial charge in [-0.05, 0) is 31.9 Å². The number of thiophene rings is 1. The van der Waals surface area contributed by atoms with Crippen molar-refractivity contribution < 1.29 is 9.53 Å². The number of fused-ring (bicyclic) bond motifs is 1. The molecular weight excluding hydrogens is 390 g/mol. The lowest BCUT2D eigenvalue weighted by Crippen LogP contribution is -2.42. The second kappa shape index (κ2) is 8.19. The molecule has 5 nitrogen and oxygen atoms in total. The largest absolute Gasteiger partial charge is 0.378 e. The molecule has 1 fully saturated rings. The Labute approximate surface area is 173 Å². The molecule has 0 radical (unpaired) electrons. The van der Waals surface area contributed by atoms with E-state index in [0.29, 0.717) is 26.3 Å². The molecule has 1 amide bonds. The summed E-state index contributed by atoms with van der Waals surface area (Å²) in [5, 5.41) is 1.63. The minimum absolute atomic E-state index is 0.119. The Morgan fingerprint density at radius 3 is 2.57 bits per heavy atom. The number of morpholine rings is 1. The van der Waals surface area contributed by atoms with Crippen molar-refractivity contribution >= 4 is 39.2 Å². The third kappa shape index (κ3) is 3.79. The van der Waals surface area contributed by atoms with Crippen molar-refractivity contribution in [2.24, 2.45) is 0 Å². The number of hydrogen-bond donors (Lipinski definition) is 0. The zero-order chi connectivity index (χ0) is 19.7. The van der Waals surface area contributed by atoms with Gasteiger partial charge in [-0.1, -0.05) is 42.1 Å². The Balaban J connectivity index is 1.76. The van der Waals surface area contributed by atoms with Gasteiger partial charge in [0.05, 0.1) is 13.2 Å². The van der Waals surface area contributed by atoms with Gasteiger partial charge in [0.15, 0.2) is 0 Å². The normalized spacial score (nSPS) is 15.8. The summed E-state index contributed by atoms with van der Waals surface area (Å²) < 4.78 is 5.43.